The SMILES string of the molecule is NC(F)(c1ccc(Cl)cc1)C(F)F. The molecule has 0 aliphatic carbocycles. The zero-order chi connectivity index (χ0) is 10.1. The highest BCUT2D eigenvalue weighted by Gasteiger charge is 2.37. The van der Waals surface area contributed by atoms with Crippen molar-refractivity contribution in [1.82, 2.24) is 0 Å². The molecular weight excluding hydrogens is 203 g/mol. The highest BCUT2D eigenvalue weighted by molar-refractivity contribution is 6.30. The van der Waals surface area contributed by atoms with Crippen LogP contribution in [-0.2, 0) is 5.79 Å². The van der Waals surface area contributed by atoms with Crippen molar-refractivity contribution in [1.29, 1.82) is 0 Å². The number of hydrogen-bond acceptors (Lipinski definition) is 1. The van der Waals surface area contributed by atoms with E-state index in [0.717, 1.165) is 12.1 Å². The molecule has 0 aromatic heterocycles. The molecule has 5 heteroatoms. The molecule has 1 aromatic carbocycles. The van der Waals surface area contributed by atoms with E-state index in [9.17, 15) is 13.2 Å². The van der Waals surface area contributed by atoms with Crippen molar-refractivity contribution in [2.24, 2.45) is 5.73 Å². The van der Waals surface area contributed by atoms with Crippen molar-refractivity contribution in [2.75, 3.05) is 0 Å². The first-order chi connectivity index (χ1) is 5.94. The minimum Gasteiger partial charge on any atom is -0.290 e. The number of alkyl halides is 3. The summed E-state index contributed by atoms with van der Waals surface area (Å²) in [5.41, 5.74) is 4.49. The molecule has 1 rings (SSSR count). The fourth-order valence-electron chi connectivity index (χ4n) is 0.831. The number of hydrogen-bond donors (Lipinski definition) is 1. The first-order valence-corrected chi connectivity index (χ1v) is 3.84. The van der Waals surface area contributed by atoms with Gasteiger partial charge in [0.1, 0.15) is 0 Å². The maximum absolute atomic E-state index is 13.1. The highest BCUT2D eigenvalue weighted by Crippen LogP contribution is 2.27. The van der Waals surface area contributed by atoms with Gasteiger partial charge in [0, 0.05) is 10.6 Å². The van der Waals surface area contributed by atoms with E-state index < -0.39 is 12.2 Å². The fraction of sp³-hybridized carbons (Fsp3) is 0.250. The molecule has 0 fully saturated rings. The van der Waals surface area contributed by atoms with Crippen molar-refractivity contribution in [3.63, 3.8) is 0 Å². The van der Waals surface area contributed by atoms with Gasteiger partial charge in [-0.1, -0.05) is 23.7 Å². The maximum Gasteiger partial charge on any atom is 0.289 e. The first kappa shape index (κ1) is 10.3. The molecular formula is C8H7ClF3N. The lowest BCUT2D eigenvalue weighted by Gasteiger charge is -2.19. The van der Waals surface area contributed by atoms with Gasteiger partial charge in [-0.3, -0.25) is 5.73 Å². The molecule has 1 aromatic rings. The Kier molecular flexibility index (Phi) is 2.83. The molecule has 1 unspecified atom stereocenters. The summed E-state index contributed by atoms with van der Waals surface area (Å²) in [6.07, 6.45) is -3.26. The molecule has 0 saturated carbocycles. The Labute approximate surface area is 78.3 Å². The van der Waals surface area contributed by atoms with Crippen LogP contribution in [0, 0.1) is 0 Å². The number of rotatable bonds is 2. The summed E-state index contributed by atoms with van der Waals surface area (Å²) >= 11 is 5.49. The van der Waals surface area contributed by atoms with Crippen LogP contribution in [0.4, 0.5) is 13.2 Å². The molecule has 72 valence electrons. The number of nitrogens with two attached hydrogens (primary N) is 1. The van der Waals surface area contributed by atoms with Gasteiger partial charge >= 0.3 is 0 Å². The van der Waals surface area contributed by atoms with E-state index in [4.69, 9.17) is 17.3 Å². The second kappa shape index (κ2) is 3.55. The van der Waals surface area contributed by atoms with Crippen LogP contribution in [0.1, 0.15) is 5.56 Å². The van der Waals surface area contributed by atoms with E-state index >= 15 is 0 Å². The van der Waals surface area contributed by atoms with E-state index in [1.54, 1.807) is 0 Å². The Morgan fingerprint density at radius 1 is 1.23 bits per heavy atom. The van der Waals surface area contributed by atoms with E-state index in [-0.39, 0.29) is 5.56 Å². The molecule has 0 bridgehead atoms. The average Bonchev–Trinajstić information content (AvgIpc) is 2.04. The van der Waals surface area contributed by atoms with Crippen LogP contribution in [0.5, 0.6) is 0 Å². The monoisotopic (exact) mass is 209 g/mol. The van der Waals surface area contributed by atoms with Crippen molar-refractivity contribution in [3.05, 3.63) is 34.9 Å². The molecule has 0 spiro atoms. The second-order valence-corrected chi connectivity index (χ2v) is 3.01. The zero-order valence-corrected chi connectivity index (χ0v) is 7.23. The summed E-state index contributed by atoms with van der Waals surface area (Å²) in [6, 6.07) is 4.88. The second-order valence-electron chi connectivity index (χ2n) is 2.58. The molecule has 0 aliphatic rings. The highest BCUT2D eigenvalue weighted by atomic mass is 35.5. The van der Waals surface area contributed by atoms with Gasteiger partial charge < -0.3 is 0 Å². The number of benzene rings is 1. The van der Waals surface area contributed by atoms with Crippen molar-refractivity contribution in [3.8, 4) is 0 Å². The molecule has 0 amide bonds. The van der Waals surface area contributed by atoms with Gasteiger partial charge in [0.05, 0.1) is 0 Å². The lowest BCUT2D eigenvalue weighted by molar-refractivity contribution is -0.0348. The van der Waals surface area contributed by atoms with Crippen LogP contribution in [0.2, 0.25) is 5.02 Å². The molecule has 1 nitrogen and oxygen atoms in total. The standard InChI is InChI=1S/C8H7ClF3N/c9-6-3-1-5(2-4-6)8(12,13)7(10)11/h1-4,7H,13H2. The summed E-state index contributed by atoms with van der Waals surface area (Å²) in [5.74, 6) is -3.11. The third-order valence-corrected chi connectivity index (χ3v) is 1.86. The van der Waals surface area contributed by atoms with Crippen LogP contribution >= 0.6 is 11.6 Å². The van der Waals surface area contributed by atoms with E-state index in [1.165, 1.54) is 12.1 Å². The minimum atomic E-state index is -3.26. The van der Waals surface area contributed by atoms with Gasteiger partial charge in [-0.15, -0.1) is 0 Å². The predicted molar refractivity (Wildman–Crippen MR) is 44.4 cm³/mol. The van der Waals surface area contributed by atoms with Gasteiger partial charge in [-0.2, -0.15) is 0 Å². The largest absolute Gasteiger partial charge is 0.290 e. The number of halogens is 4. The van der Waals surface area contributed by atoms with Crippen LogP contribution in [-0.4, -0.2) is 6.43 Å². The molecule has 2 N–H and O–H groups in total. The van der Waals surface area contributed by atoms with Gasteiger partial charge in [0.25, 0.3) is 6.43 Å². The van der Waals surface area contributed by atoms with Crippen LogP contribution in [0.3, 0.4) is 0 Å². The third kappa shape index (κ3) is 2.14. The summed E-state index contributed by atoms with van der Waals surface area (Å²) in [5, 5.41) is 0.341. The molecule has 1 atom stereocenters. The summed E-state index contributed by atoms with van der Waals surface area (Å²) in [7, 11) is 0. The lowest BCUT2D eigenvalue weighted by atomic mass is 10.1. The molecule has 13 heavy (non-hydrogen) atoms. The Hall–Kier alpha value is -0.740. The summed E-state index contributed by atoms with van der Waals surface area (Å²) < 4.78 is 37.2. The molecule has 0 aliphatic heterocycles. The average molecular weight is 210 g/mol. The maximum atomic E-state index is 13.1. The van der Waals surface area contributed by atoms with Gasteiger partial charge in [-0.05, 0) is 12.1 Å². The summed E-state index contributed by atoms with van der Waals surface area (Å²) in [4.78, 5) is 0. The van der Waals surface area contributed by atoms with Crippen LogP contribution in [0.25, 0.3) is 0 Å². The quantitative estimate of drug-likeness (QED) is 0.745. The van der Waals surface area contributed by atoms with Gasteiger partial charge in [0.15, 0.2) is 0 Å². The molecule has 0 heterocycles. The van der Waals surface area contributed by atoms with Crippen molar-refractivity contribution in [2.45, 2.75) is 12.2 Å². The van der Waals surface area contributed by atoms with E-state index in [1.807, 2.05) is 0 Å². The fourth-order valence-corrected chi connectivity index (χ4v) is 0.957. The smallest absolute Gasteiger partial charge is 0.289 e. The lowest BCUT2D eigenvalue weighted by Crippen LogP contribution is -2.39. The Balaban J connectivity index is 3.01. The Morgan fingerprint density at radius 3 is 2.08 bits per heavy atom. The Morgan fingerprint density at radius 2 is 1.69 bits per heavy atom. The van der Waals surface area contributed by atoms with E-state index in [2.05, 4.69) is 0 Å². The normalized spacial score (nSPS) is 15.8. The minimum absolute atomic E-state index is 0.285. The Bertz CT molecular complexity index is 284. The summed E-state index contributed by atoms with van der Waals surface area (Å²) in [6.45, 7) is 0. The third-order valence-electron chi connectivity index (χ3n) is 1.60. The zero-order valence-electron chi connectivity index (χ0n) is 6.48. The predicted octanol–water partition coefficient (Wildman–Crippen LogP) is 2.69. The van der Waals surface area contributed by atoms with Crippen molar-refractivity contribution >= 4 is 11.6 Å². The van der Waals surface area contributed by atoms with Crippen LogP contribution < -0.4 is 5.73 Å². The van der Waals surface area contributed by atoms with E-state index in [0.29, 0.717) is 5.02 Å². The van der Waals surface area contributed by atoms with Gasteiger partial charge in [0.2, 0.25) is 5.79 Å². The van der Waals surface area contributed by atoms with Crippen molar-refractivity contribution < 1.29 is 13.2 Å². The molecule has 0 radical (unpaired) electrons. The van der Waals surface area contributed by atoms with Gasteiger partial charge in [-0.25, -0.2) is 13.2 Å². The molecule has 0 saturated heterocycles. The topological polar surface area (TPSA) is 26.0 Å². The van der Waals surface area contributed by atoms with Crippen LogP contribution in [0.15, 0.2) is 24.3 Å². The first-order valence-electron chi connectivity index (χ1n) is 3.46.